The predicted molar refractivity (Wildman–Crippen MR) is 111 cm³/mol. The number of nitrogens with zero attached hydrogens (tertiary/aromatic N) is 3. The third-order valence-electron chi connectivity index (χ3n) is 4.78. The average Bonchev–Trinajstić information content (AvgIpc) is 3.35. The monoisotopic (exact) mass is 499 g/mol. The lowest BCUT2D eigenvalue weighted by molar-refractivity contribution is -0.274. The SMILES string of the molecule is CCn1nc(N)c2cc(NC(=O)c3nc(-c4ccccc4OC(F)(F)F)oc3C(F)(F)F)ccc21. The Morgan fingerprint density at radius 3 is 2.51 bits per heavy atom. The molecule has 35 heavy (non-hydrogen) atoms. The normalized spacial score (nSPS) is 12.2. The van der Waals surface area contributed by atoms with Crippen LogP contribution >= 0.6 is 0 Å². The zero-order chi connectivity index (χ0) is 25.5. The first kappa shape index (κ1) is 23.9. The molecule has 0 aliphatic heterocycles. The summed E-state index contributed by atoms with van der Waals surface area (Å²) in [4.78, 5) is 16.3. The highest BCUT2D eigenvalue weighted by atomic mass is 19.4. The van der Waals surface area contributed by atoms with Gasteiger partial charge in [-0.3, -0.25) is 9.48 Å². The number of amides is 1. The number of nitrogen functional groups attached to an aromatic ring is 1. The lowest BCUT2D eigenvalue weighted by atomic mass is 10.2. The van der Waals surface area contributed by atoms with Crippen molar-refractivity contribution >= 4 is 28.3 Å². The molecule has 0 saturated carbocycles. The number of aromatic nitrogens is 3. The van der Waals surface area contributed by atoms with Crippen molar-refractivity contribution in [2.24, 2.45) is 0 Å². The second kappa shape index (κ2) is 8.52. The Morgan fingerprint density at radius 2 is 1.86 bits per heavy atom. The maximum Gasteiger partial charge on any atom is 0.573 e. The van der Waals surface area contributed by atoms with E-state index in [0.29, 0.717) is 17.4 Å². The molecule has 2 aromatic heterocycles. The molecule has 0 spiro atoms. The highest BCUT2D eigenvalue weighted by Gasteiger charge is 2.42. The molecule has 184 valence electrons. The smallest absolute Gasteiger partial charge is 0.431 e. The Balaban J connectivity index is 1.72. The van der Waals surface area contributed by atoms with Crippen molar-refractivity contribution in [3.05, 3.63) is 53.9 Å². The van der Waals surface area contributed by atoms with Gasteiger partial charge in [0.15, 0.2) is 11.5 Å². The summed E-state index contributed by atoms with van der Waals surface area (Å²) in [5, 5.41) is 6.85. The van der Waals surface area contributed by atoms with Gasteiger partial charge in [-0.1, -0.05) is 12.1 Å². The first-order valence-corrected chi connectivity index (χ1v) is 9.88. The molecule has 2 heterocycles. The van der Waals surface area contributed by atoms with Gasteiger partial charge in [0.1, 0.15) is 5.75 Å². The maximum absolute atomic E-state index is 13.6. The van der Waals surface area contributed by atoms with Crippen molar-refractivity contribution in [3.63, 3.8) is 0 Å². The standard InChI is InChI=1S/C21H15F6N5O3/c1-2-32-13-8-7-10(9-12(13)17(28)31-32)29-18(33)15-16(20(22,23)24)34-19(30-15)11-5-3-4-6-14(11)35-21(25,26)27/h3-9H,2H2,1H3,(H2,28,31)(H,29,33). The molecule has 8 nitrogen and oxygen atoms in total. The van der Waals surface area contributed by atoms with E-state index in [1.807, 2.05) is 6.92 Å². The largest absolute Gasteiger partial charge is 0.573 e. The number of ether oxygens (including phenoxy) is 1. The van der Waals surface area contributed by atoms with Crippen molar-refractivity contribution in [1.82, 2.24) is 14.8 Å². The molecular weight excluding hydrogens is 484 g/mol. The molecule has 0 fully saturated rings. The van der Waals surface area contributed by atoms with Gasteiger partial charge >= 0.3 is 12.5 Å². The zero-order valence-electron chi connectivity index (χ0n) is 17.7. The van der Waals surface area contributed by atoms with Gasteiger partial charge < -0.3 is 20.2 Å². The Hall–Kier alpha value is -4.23. The topological polar surface area (TPSA) is 108 Å². The van der Waals surface area contributed by atoms with Crippen molar-refractivity contribution < 1.29 is 40.3 Å². The summed E-state index contributed by atoms with van der Waals surface area (Å²) in [7, 11) is 0. The van der Waals surface area contributed by atoms with Crippen LogP contribution in [0.25, 0.3) is 22.4 Å². The number of benzene rings is 2. The summed E-state index contributed by atoms with van der Waals surface area (Å²) in [5.74, 6) is -4.67. The maximum atomic E-state index is 13.6. The van der Waals surface area contributed by atoms with E-state index in [0.717, 1.165) is 12.1 Å². The van der Waals surface area contributed by atoms with Crippen LogP contribution in [-0.2, 0) is 12.7 Å². The number of hydrogen-bond donors (Lipinski definition) is 2. The van der Waals surface area contributed by atoms with Gasteiger partial charge in [-0.15, -0.1) is 13.2 Å². The number of halogens is 6. The highest BCUT2D eigenvalue weighted by molar-refractivity contribution is 6.05. The summed E-state index contributed by atoms with van der Waals surface area (Å²) in [5.41, 5.74) is 4.88. The van der Waals surface area contributed by atoms with E-state index in [1.165, 1.54) is 24.3 Å². The summed E-state index contributed by atoms with van der Waals surface area (Å²) in [6.07, 6.45) is -10.3. The van der Waals surface area contributed by atoms with E-state index in [9.17, 15) is 31.1 Å². The quantitative estimate of drug-likeness (QED) is 0.353. The third kappa shape index (κ3) is 4.85. The summed E-state index contributed by atoms with van der Waals surface area (Å²) < 4.78 is 89.1. The number of carbonyl (C=O) groups is 1. The van der Waals surface area contributed by atoms with E-state index in [2.05, 4.69) is 20.1 Å². The van der Waals surface area contributed by atoms with E-state index in [1.54, 1.807) is 10.7 Å². The number of para-hydroxylation sites is 1. The molecule has 0 unspecified atom stereocenters. The van der Waals surface area contributed by atoms with Gasteiger partial charge in [0.05, 0.1) is 11.1 Å². The van der Waals surface area contributed by atoms with E-state index < -0.39 is 47.1 Å². The number of alkyl halides is 6. The van der Waals surface area contributed by atoms with Crippen LogP contribution in [0.15, 0.2) is 46.9 Å². The van der Waals surface area contributed by atoms with E-state index >= 15 is 0 Å². The number of nitrogens with one attached hydrogen (secondary N) is 1. The minimum Gasteiger partial charge on any atom is -0.431 e. The van der Waals surface area contributed by atoms with Gasteiger partial charge in [-0.2, -0.15) is 18.3 Å². The van der Waals surface area contributed by atoms with Gasteiger partial charge in [-0.25, -0.2) is 4.98 Å². The molecule has 14 heteroatoms. The van der Waals surface area contributed by atoms with Crippen LogP contribution in [0, 0.1) is 0 Å². The number of anilines is 2. The first-order chi connectivity index (χ1) is 16.4. The number of aryl methyl sites for hydroxylation is 1. The summed E-state index contributed by atoms with van der Waals surface area (Å²) in [6.45, 7) is 2.34. The van der Waals surface area contributed by atoms with Crippen molar-refractivity contribution in [3.8, 4) is 17.2 Å². The molecule has 4 aromatic rings. The van der Waals surface area contributed by atoms with E-state index in [4.69, 9.17) is 10.2 Å². The van der Waals surface area contributed by atoms with Crippen molar-refractivity contribution in [2.45, 2.75) is 26.0 Å². The first-order valence-electron chi connectivity index (χ1n) is 9.88. The van der Waals surface area contributed by atoms with Crippen LogP contribution in [0.3, 0.4) is 0 Å². The third-order valence-corrected chi connectivity index (χ3v) is 4.78. The molecule has 4 rings (SSSR count). The van der Waals surface area contributed by atoms with E-state index in [-0.39, 0.29) is 11.5 Å². The second-order valence-corrected chi connectivity index (χ2v) is 7.13. The molecule has 3 N–H and O–H groups in total. The minimum absolute atomic E-state index is 0.0864. The van der Waals surface area contributed by atoms with Crippen LogP contribution in [0.1, 0.15) is 23.2 Å². The fourth-order valence-corrected chi connectivity index (χ4v) is 3.35. The van der Waals surface area contributed by atoms with Crippen LogP contribution in [0.4, 0.5) is 37.8 Å². The highest BCUT2D eigenvalue weighted by Crippen LogP contribution is 2.39. The van der Waals surface area contributed by atoms with Gasteiger partial charge in [0, 0.05) is 17.6 Å². The van der Waals surface area contributed by atoms with Gasteiger partial charge in [-0.05, 0) is 37.3 Å². The van der Waals surface area contributed by atoms with Gasteiger partial charge in [0.2, 0.25) is 11.7 Å². The van der Waals surface area contributed by atoms with Crippen LogP contribution in [-0.4, -0.2) is 27.0 Å². The molecule has 2 aromatic carbocycles. The lowest BCUT2D eigenvalue weighted by Gasteiger charge is -2.11. The number of nitrogens with two attached hydrogens (primary N) is 1. The fraction of sp³-hybridized carbons (Fsp3) is 0.190. The lowest BCUT2D eigenvalue weighted by Crippen LogP contribution is -2.18. The molecule has 0 atom stereocenters. The van der Waals surface area contributed by atoms with Crippen molar-refractivity contribution in [1.29, 1.82) is 0 Å². The number of rotatable bonds is 5. The molecule has 0 radical (unpaired) electrons. The molecule has 0 saturated heterocycles. The van der Waals surface area contributed by atoms with Crippen LogP contribution in [0.5, 0.6) is 5.75 Å². The van der Waals surface area contributed by atoms with Crippen LogP contribution in [0.2, 0.25) is 0 Å². The molecule has 1 amide bonds. The number of carbonyl (C=O) groups excluding carboxylic acids is 1. The molecular formula is C21H15F6N5O3. The number of hydrogen-bond acceptors (Lipinski definition) is 6. The minimum atomic E-state index is -5.17. The summed E-state index contributed by atoms with van der Waals surface area (Å²) >= 11 is 0. The Morgan fingerprint density at radius 1 is 1.14 bits per heavy atom. The van der Waals surface area contributed by atoms with Gasteiger partial charge in [0.25, 0.3) is 5.91 Å². The molecule has 0 aliphatic rings. The van der Waals surface area contributed by atoms with Crippen molar-refractivity contribution in [2.75, 3.05) is 11.1 Å². The second-order valence-electron chi connectivity index (χ2n) is 7.13. The molecule has 0 bridgehead atoms. The fourth-order valence-electron chi connectivity index (χ4n) is 3.35. The molecule has 0 aliphatic carbocycles. The Bertz CT molecular complexity index is 1410. The number of fused-ring (bicyclic) bond motifs is 1. The van der Waals surface area contributed by atoms with Crippen LogP contribution < -0.4 is 15.8 Å². The Kier molecular flexibility index (Phi) is 5.82. The number of oxazole rings is 1. The summed E-state index contributed by atoms with van der Waals surface area (Å²) in [6, 6.07) is 8.71. The zero-order valence-corrected chi connectivity index (χ0v) is 17.7. The predicted octanol–water partition coefficient (Wildman–Crippen LogP) is 5.46. The Labute approximate surface area is 192 Å². The average molecular weight is 499 g/mol.